The summed E-state index contributed by atoms with van der Waals surface area (Å²) in [6, 6.07) is 7.88. The van der Waals surface area contributed by atoms with Crippen LogP contribution in [0.15, 0.2) is 41.9 Å². The topological polar surface area (TPSA) is 47.0 Å². The molecule has 0 radical (unpaired) electrons. The summed E-state index contributed by atoms with van der Waals surface area (Å²) in [5, 5.41) is 5.31. The standard InChI is InChI=1S/C23H24F3N3OS/c1-15-9-10-27-19(11-15)20-14-31-22(29-20)28-17-7-8-21(18(12-17)23(24,25)26)30-13-16-5-3-2-4-6-16/h7-12,14,16H,2-6,13H2,1H3,(H,28,29). The van der Waals surface area contributed by atoms with Crippen LogP contribution in [0, 0.1) is 12.8 Å². The highest BCUT2D eigenvalue weighted by Gasteiger charge is 2.35. The minimum Gasteiger partial charge on any atom is -0.493 e. The predicted molar refractivity (Wildman–Crippen MR) is 117 cm³/mol. The number of alkyl halides is 3. The summed E-state index contributed by atoms with van der Waals surface area (Å²) in [5.74, 6) is 0.212. The summed E-state index contributed by atoms with van der Waals surface area (Å²) in [5.41, 5.74) is 2.01. The van der Waals surface area contributed by atoms with Crippen molar-refractivity contribution < 1.29 is 17.9 Å². The van der Waals surface area contributed by atoms with Crippen LogP contribution in [-0.4, -0.2) is 16.6 Å². The number of hydrogen-bond acceptors (Lipinski definition) is 5. The van der Waals surface area contributed by atoms with Gasteiger partial charge in [0.05, 0.1) is 17.9 Å². The zero-order valence-electron chi connectivity index (χ0n) is 17.2. The van der Waals surface area contributed by atoms with Crippen molar-refractivity contribution in [1.82, 2.24) is 9.97 Å². The summed E-state index contributed by atoms with van der Waals surface area (Å²) in [6.45, 7) is 2.29. The van der Waals surface area contributed by atoms with Crippen molar-refractivity contribution >= 4 is 22.2 Å². The molecule has 8 heteroatoms. The van der Waals surface area contributed by atoms with Gasteiger partial charge in [-0.3, -0.25) is 4.98 Å². The van der Waals surface area contributed by atoms with Gasteiger partial charge in [-0.25, -0.2) is 4.98 Å². The van der Waals surface area contributed by atoms with Crippen LogP contribution in [0.1, 0.15) is 43.2 Å². The van der Waals surface area contributed by atoms with Gasteiger partial charge in [-0.05, 0) is 61.6 Å². The van der Waals surface area contributed by atoms with E-state index in [0.717, 1.165) is 43.0 Å². The molecule has 0 aliphatic heterocycles. The van der Waals surface area contributed by atoms with Gasteiger partial charge in [0, 0.05) is 17.3 Å². The number of thiazole rings is 1. The summed E-state index contributed by atoms with van der Waals surface area (Å²) < 4.78 is 46.6. The molecule has 2 heterocycles. The van der Waals surface area contributed by atoms with E-state index in [9.17, 15) is 13.2 Å². The Hall–Kier alpha value is -2.61. The predicted octanol–water partition coefficient (Wildman–Crippen LogP) is 7.24. The number of anilines is 2. The number of aryl methyl sites for hydroxylation is 1. The lowest BCUT2D eigenvalue weighted by molar-refractivity contribution is -0.139. The molecule has 0 saturated heterocycles. The van der Waals surface area contributed by atoms with Gasteiger partial charge in [0.25, 0.3) is 0 Å². The van der Waals surface area contributed by atoms with Gasteiger partial charge in [0.15, 0.2) is 5.13 Å². The molecule has 3 aromatic rings. The highest BCUT2D eigenvalue weighted by molar-refractivity contribution is 7.14. The van der Waals surface area contributed by atoms with E-state index in [4.69, 9.17) is 4.74 Å². The average molecular weight is 448 g/mol. The Kier molecular flexibility index (Phi) is 6.46. The molecule has 0 bridgehead atoms. The van der Waals surface area contributed by atoms with Gasteiger partial charge in [-0.1, -0.05) is 19.3 Å². The fraction of sp³-hybridized carbons (Fsp3) is 0.391. The van der Waals surface area contributed by atoms with Crippen LogP contribution in [0.5, 0.6) is 5.75 Å². The van der Waals surface area contributed by atoms with Crippen LogP contribution in [0.4, 0.5) is 24.0 Å². The van der Waals surface area contributed by atoms with E-state index in [2.05, 4.69) is 15.3 Å². The molecule has 1 saturated carbocycles. The van der Waals surface area contributed by atoms with Crippen LogP contribution in [-0.2, 0) is 6.18 Å². The Morgan fingerprint density at radius 3 is 2.65 bits per heavy atom. The highest BCUT2D eigenvalue weighted by atomic mass is 32.1. The maximum atomic E-state index is 13.7. The number of nitrogens with one attached hydrogen (secondary N) is 1. The van der Waals surface area contributed by atoms with Gasteiger partial charge in [0.1, 0.15) is 11.4 Å². The molecule has 1 fully saturated rings. The van der Waals surface area contributed by atoms with E-state index >= 15 is 0 Å². The molecule has 1 aliphatic carbocycles. The number of rotatable bonds is 6. The maximum absolute atomic E-state index is 13.7. The fourth-order valence-electron chi connectivity index (χ4n) is 3.77. The van der Waals surface area contributed by atoms with Crippen molar-refractivity contribution in [2.24, 2.45) is 5.92 Å². The molecule has 0 spiro atoms. The third-order valence-electron chi connectivity index (χ3n) is 5.42. The quantitative estimate of drug-likeness (QED) is 0.433. The van der Waals surface area contributed by atoms with Crippen molar-refractivity contribution in [3.05, 3.63) is 53.0 Å². The van der Waals surface area contributed by atoms with Crippen LogP contribution in [0.2, 0.25) is 0 Å². The van der Waals surface area contributed by atoms with E-state index in [1.54, 1.807) is 12.3 Å². The Balaban J connectivity index is 1.50. The molecule has 4 nitrogen and oxygen atoms in total. The lowest BCUT2D eigenvalue weighted by Gasteiger charge is -2.23. The summed E-state index contributed by atoms with van der Waals surface area (Å²) in [4.78, 5) is 8.76. The molecular formula is C23H24F3N3OS. The number of aromatic nitrogens is 2. The molecule has 1 aliphatic rings. The normalized spacial score (nSPS) is 15.1. The van der Waals surface area contributed by atoms with Crippen molar-refractivity contribution in [3.63, 3.8) is 0 Å². The molecule has 4 rings (SSSR count). The number of hydrogen-bond donors (Lipinski definition) is 1. The second kappa shape index (κ2) is 9.26. The minimum absolute atomic E-state index is 0.118. The summed E-state index contributed by atoms with van der Waals surface area (Å²) in [6.07, 6.45) is 2.68. The van der Waals surface area contributed by atoms with E-state index in [1.165, 1.54) is 23.8 Å². The Labute approximate surface area is 183 Å². The van der Waals surface area contributed by atoms with Gasteiger partial charge >= 0.3 is 6.18 Å². The van der Waals surface area contributed by atoms with Crippen LogP contribution in [0.3, 0.4) is 0 Å². The van der Waals surface area contributed by atoms with Gasteiger partial charge in [-0.2, -0.15) is 13.2 Å². The first-order valence-electron chi connectivity index (χ1n) is 10.4. The first kappa shape index (κ1) is 21.6. The largest absolute Gasteiger partial charge is 0.493 e. The zero-order valence-corrected chi connectivity index (χ0v) is 18.0. The summed E-state index contributed by atoms with van der Waals surface area (Å²) in [7, 11) is 0. The summed E-state index contributed by atoms with van der Waals surface area (Å²) >= 11 is 1.32. The molecular weight excluding hydrogens is 423 g/mol. The first-order valence-corrected chi connectivity index (χ1v) is 11.3. The Morgan fingerprint density at radius 1 is 1.10 bits per heavy atom. The molecule has 1 aromatic carbocycles. The van der Waals surface area contributed by atoms with Gasteiger partial charge in [0.2, 0.25) is 0 Å². The second-order valence-electron chi connectivity index (χ2n) is 7.91. The number of benzene rings is 1. The van der Waals surface area contributed by atoms with E-state index in [-0.39, 0.29) is 5.75 Å². The SMILES string of the molecule is Cc1ccnc(-c2csc(Nc3ccc(OCC4CCCCC4)c(C(F)(F)F)c3)n2)c1. The number of nitrogens with zero attached hydrogens (tertiary/aromatic N) is 2. The first-order chi connectivity index (χ1) is 14.9. The number of halogens is 3. The van der Waals surface area contributed by atoms with Crippen LogP contribution < -0.4 is 10.1 Å². The molecule has 0 unspecified atom stereocenters. The highest BCUT2D eigenvalue weighted by Crippen LogP contribution is 2.39. The lowest BCUT2D eigenvalue weighted by Crippen LogP contribution is -2.17. The monoisotopic (exact) mass is 447 g/mol. The van der Waals surface area contributed by atoms with E-state index < -0.39 is 11.7 Å². The molecule has 2 aromatic heterocycles. The van der Waals surface area contributed by atoms with Gasteiger partial charge < -0.3 is 10.1 Å². The second-order valence-corrected chi connectivity index (χ2v) is 8.76. The molecule has 31 heavy (non-hydrogen) atoms. The van der Waals surface area contributed by atoms with Gasteiger partial charge in [-0.15, -0.1) is 11.3 Å². The molecule has 1 N–H and O–H groups in total. The molecule has 164 valence electrons. The van der Waals surface area contributed by atoms with Crippen molar-refractivity contribution in [2.75, 3.05) is 11.9 Å². The van der Waals surface area contributed by atoms with E-state index in [0.29, 0.717) is 29.0 Å². The third-order valence-corrected chi connectivity index (χ3v) is 6.18. The molecule has 0 atom stereocenters. The lowest BCUT2D eigenvalue weighted by atomic mass is 9.90. The zero-order chi connectivity index (χ0) is 21.8. The van der Waals surface area contributed by atoms with Crippen molar-refractivity contribution in [1.29, 1.82) is 0 Å². The maximum Gasteiger partial charge on any atom is 0.420 e. The fourth-order valence-corrected chi connectivity index (χ4v) is 4.49. The number of ether oxygens (including phenoxy) is 1. The minimum atomic E-state index is -4.50. The van der Waals surface area contributed by atoms with Crippen molar-refractivity contribution in [2.45, 2.75) is 45.2 Å². The van der Waals surface area contributed by atoms with Crippen LogP contribution >= 0.6 is 11.3 Å². The third kappa shape index (κ3) is 5.55. The average Bonchev–Trinajstić information content (AvgIpc) is 3.21. The van der Waals surface area contributed by atoms with E-state index in [1.807, 2.05) is 24.4 Å². The van der Waals surface area contributed by atoms with Crippen molar-refractivity contribution in [3.8, 4) is 17.1 Å². The van der Waals surface area contributed by atoms with Crippen LogP contribution in [0.25, 0.3) is 11.4 Å². The molecule has 0 amide bonds. The smallest absolute Gasteiger partial charge is 0.420 e. The number of pyridine rings is 1. The Bertz CT molecular complexity index is 1030. The Morgan fingerprint density at radius 2 is 1.90 bits per heavy atom.